The summed E-state index contributed by atoms with van der Waals surface area (Å²) in [4.78, 5) is 0. The average Bonchev–Trinajstić information content (AvgIpc) is 1.37. The molecule has 0 amide bonds. The standard InChI is InChI=1S/2Ga.N2/c;;1-2/q2*+1;-2. The number of hydrogen-bond donors (Lipinski definition) is 0. The zero-order valence-electron chi connectivity index (χ0n) is 2.05. The maximum atomic E-state index is 3.45. The second-order valence-corrected chi connectivity index (χ2v) is 1.20. The van der Waals surface area contributed by atoms with Gasteiger partial charge in [0.05, 0.1) is 0 Å². The Morgan fingerprint density at radius 3 is 1.25 bits per heavy atom. The van der Waals surface area contributed by atoms with Gasteiger partial charge in [-0.05, 0) is 0 Å². The number of hydrogen-bond acceptors (Lipinski definition) is 2. The molecular weight excluding hydrogens is 167 g/mol. The van der Waals surface area contributed by atoms with Crippen molar-refractivity contribution in [1.29, 1.82) is 0 Å². The van der Waals surface area contributed by atoms with Gasteiger partial charge in [0.2, 0.25) is 0 Å². The van der Waals surface area contributed by atoms with Gasteiger partial charge in [-0.1, -0.05) is 0 Å². The molecule has 0 aliphatic rings. The summed E-state index contributed by atoms with van der Waals surface area (Å²) in [5, 5.41) is 0. The minimum absolute atomic E-state index is 1.30. The zero-order valence-corrected chi connectivity index (χ0v) is 6.89. The van der Waals surface area contributed by atoms with Crippen LogP contribution in [-0.2, 0) is 0 Å². The van der Waals surface area contributed by atoms with Gasteiger partial charge in [-0.25, -0.2) is 0 Å². The fourth-order valence-electron chi connectivity index (χ4n) is 0. The summed E-state index contributed by atoms with van der Waals surface area (Å²) in [6.45, 7) is 0. The van der Waals surface area contributed by atoms with Crippen molar-refractivity contribution >= 4 is 37.7 Å². The predicted molar refractivity (Wildman–Crippen MR) is 16.4 cm³/mol. The molecule has 4 heavy (non-hydrogen) atoms. The first-order chi connectivity index (χ1) is 1.91. The summed E-state index contributed by atoms with van der Waals surface area (Å²) < 4.78 is 6.90. The van der Waals surface area contributed by atoms with E-state index < -0.39 is 0 Å². The molecule has 0 bridgehead atoms. The van der Waals surface area contributed by atoms with Gasteiger partial charge in [0.1, 0.15) is 0 Å². The molecule has 16 valence electrons. The molecule has 4 radical (unpaired) electrons. The van der Waals surface area contributed by atoms with E-state index in [1.54, 1.807) is 0 Å². The molecule has 0 rings (SSSR count). The molecule has 0 heterocycles. The summed E-state index contributed by atoms with van der Waals surface area (Å²) in [7, 11) is 0. The van der Waals surface area contributed by atoms with Crippen LogP contribution >= 0.6 is 0 Å². The van der Waals surface area contributed by atoms with Crippen LogP contribution in [0.4, 0.5) is 0 Å². The molecule has 0 aromatic carbocycles. The van der Waals surface area contributed by atoms with Crippen molar-refractivity contribution in [3.05, 3.63) is 0 Å². The Labute approximate surface area is 45.4 Å². The van der Waals surface area contributed by atoms with Crippen LogP contribution in [-0.4, -0.2) is 37.7 Å². The summed E-state index contributed by atoms with van der Waals surface area (Å²) in [6, 6.07) is 0. The summed E-state index contributed by atoms with van der Waals surface area (Å²) >= 11 is 2.60. The minimum atomic E-state index is 1.30. The van der Waals surface area contributed by atoms with Gasteiger partial charge in [-0.3, -0.25) is 0 Å². The molecule has 0 aliphatic heterocycles. The van der Waals surface area contributed by atoms with E-state index >= 15 is 0 Å². The fraction of sp³-hybridized carbons (Fsp3) is 0. The summed E-state index contributed by atoms with van der Waals surface area (Å²) in [5.74, 6) is 0. The van der Waals surface area contributed by atoms with Crippen LogP contribution in [0, 0.1) is 0 Å². The van der Waals surface area contributed by atoms with E-state index in [1.165, 1.54) is 37.7 Å². The maximum absolute atomic E-state index is 3.45. The van der Waals surface area contributed by atoms with Crippen LogP contribution in [0.2, 0.25) is 0 Å². The molecule has 0 spiro atoms. The Morgan fingerprint density at radius 2 is 1.25 bits per heavy atom. The number of rotatable bonds is 0. The van der Waals surface area contributed by atoms with Crippen LogP contribution in [0.25, 0.3) is 0 Å². The molecule has 0 N–H and O–H groups in total. The first-order valence-electron chi connectivity index (χ1n) is 0.716. The van der Waals surface area contributed by atoms with E-state index in [0.717, 1.165) is 0 Å². The predicted octanol–water partition coefficient (Wildman–Crippen LogP) is -0.394. The average molecular weight is 167 g/mol. The molecular formula is Ga2N2. The fourth-order valence-corrected chi connectivity index (χ4v) is 0. The first kappa shape index (κ1) is 4.87. The normalized spacial score (nSPS) is 9.00. The molecule has 0 saturated heterocycles. The molecule has 0 fully saturated rings. The van der Waals surface area contributed by atoms with Crippen molar-refractivity contribution in [2.75, 3.05) is 0 Å². The zero-order chi connectivity index (χ0) is 3.41. The van der Waals surface area contributed by atoms with Gasteiger partial charge in [0.25, 0.3) is 0 Å². The van der Waals surface area contributed by atoms with E-state index in [1.807, 2.05) is 0 Å². The second-order valence-electron chi connectivity index (χ2n) is 0.231. The van der Waals surface area contributed by atoms with Crippen molar-refractivity contribution in [3.63, 3.8) is 0 Å². The van der Waals surface area contributed by atoms with E-state index in [-0.39, 0.29) is 0 Å². The van der Waals surface area contributed by atoms with Crippen molar-refractivity contribution in [1.82, 2.24) is 0 Å². The second kappa shape index (κ2) is 3.87. The molecule has 4 heteroatoms. The quantitative estimate of drug-likeness (QED) is 0.347. The Bertz CT molecular complexity index is 19.2. The van der Waals surface area contributed by atoms with Crippen LogP contribution in [0.1, 0.15) is 0 Å². The third-order valence-corrected chi connectivity index (χ3v) is 1.80. The van der Waals surface area contributed by atoms with Gasteiger partial charge < -0.3 is 0 Å². The van der Waals surface area contributed by atoms with Gasteiger partial charge in [-0.15, -0.1) is 0 Å². The Balaban J connectivity index is 2.55. The van der Waals surface area contributed by atoms with Crippen molar-refractivity contribution in [2.45, 2.75) is 0 Å². The molecule has 0 aliphatic carbocycles. The van der Waals surface area contributed by atoms with Crippen molar-refractivity contribution in [3.8, 4) is 0 Å². The monoisotopic (exact) mass is 166 g/mol. The molecule has 0 aromatic heterocycles. The van der Waals surface area contributed by atoms with Crippen LogP contribution in [0.15, 0.2) is 7.64 Å². The molecule has 0 unspecified atom stereocenters. The Kier molecular flexibility index (Phi) is 4.72. The van der Waals surface area contributed by atoms with Gasteiger partial charge >= 0.3 is 45.3 Å². The Hall–Kier alpha value is 0.873. The van der Waals surface area contributed by atoms with Gasteiger partial charge in [0, 0.05) is 0 Å². The molecule has 2 nitrogen and oxygen atoms in total. The summed E-state index contributed by atoms with van der Waals surface area (Å²) in [6.07, 6.45) is 0. The summed E-state index contributed by atoms with van der Waals surface area (Å²) in [5.41, 5.74) is 0. The topological polar surface area (TPSA) is 24.7 Å². The Morgan fingerprint density at radius 1 is 1.00 bits per heavy atom. The van der Waals surface area contributed by atoms with Crippen molar-refractivity contribution in [2.24, 2.45) is 7.64 Å². The van der Waals surface area contributed by atoms with Crippen LogP contribution in [0.3, 0.4) is 0 Å². The van der Waals surface area contributed by atoms with Gasteiger partial charge in [0.15, 0.2) is 0 Å². The number of nitrogens with zero attached hydrogens (tertiary/aromatic N) is 2. The van der Waals surface area contributed by atoms with E-state index in [0.29, 0.717) is 0 Å². The molecule has 0 saturated carbocycles. The first-order valence-corrected chi connectivity index (χ1v) is 2.88. The molecule has 0 atom stereocenters. The van der Waals surface area contributed by atoms with E-state index in [9.17, 15) is 0 Å². The third-order valence-electron chi connectivity index (χ3n) is 0.0667. The van der Waals surface area contributed by atoms with Gasteiger partial charge in [-0.2, -0.15) is 0 Å². The SMILES string of the molecule is [Ga][N]=[N][Ga]. The van der Waals surface area contributed by atoms with Crippen LogP contribution in [0.5, 0.6) is 0 Å². The third kappa shape index (κ3) is 2.87. The van der Waals surface area contributed by atoms with E-state index in [2.05, 4.69) is 7.64 Å². The molecule has 0 aromatic rings. The van der Waals surface area contributed by atoms with Crippen molar-refractivity contribution < 1.29 is 0 Å². The van der Waals surface area contributed by atoms with Crippen LogP contribution < -0.4 is 0 Å². The van der Waals surface area contributed by atoms with E-state index in [4.69, 9.17) is 0 Å².